The molecule has 0 heterocycles. The number of rotatable bonds is 10. The molecule has 1 unspecified atom stereocenters. The van der Waals surface area contributed by atoms with E-state index in [1.807, 2.05) is 30.3 Å². The van der Waals surface area contributed by atoms with Crippen LogP contribution in [0.1, 0.15) is 18.4 Å². The number of ether oxygens (including phenoxy) is 1. The molecule has 132 valence electrons. The van der Waals surface area contributed by atoms with Crippen LogP contribution >= 0.6 is 7.60 Å². The Morgan fingerprint density at radius 1 is 1.00 bits per heavy atom. The summed E-state index contributed by atoms with van der Waals surface area (Å²) in [5.74, 6) is 1.32. The zero-order chi connectivity index (χ0) is 18.1. The summed E-state index contributed by atoms with van der Waals surface area (Å²) in [6.45, 7) is 7.45. The molecule has 0 aromatic heterocycles. The van der Waals surface area contributed by atoms with Gasteiger partial charge in [0.05, 0.1) is 11.9 Å². The van der Waals surface area contributed by atoms with Gasteiger partial charge in [-0.1, -0.05) is 30.4 Å². The highest BCUT2D eigenvalue weighted by Gasteiger charge is 2.26. The predicted octanol–water partition coefficient (Wildman–Crippen LogP) is 5.00. The van der Waals surface area contributed by atoms with Gasteiger partial charge in [-0.15, -0.1) is 13.2 Å². The zero-order valence-corrected chi connectivity index (χ0v) is 15.0. The lowest BCUT2D eigenvalue weighted by atomic mass is 10.1. The lowest BCUT2D eigenvalue weighted by Crippen LogP contribution is -2.14. The number of aryl methyl sites for hydroxylation is 1. The molecule has 0 radical (unpaired) electrons. The van der Waals surface area contributed by atoms with Crippen LogP contribution < -0.4 is 10.0 Å². The van der Waals surface area contributed by atoms with E-state index < -0.39 is 7.60 Å². The summed E-state index contributed by atoms with van der Waals surface area (Å²) < 4.78 is 23.6. The highest BCUT2D eigenvalue weighted by atomic mass is 31.2. The van der Waals surface area contributed by atoms with E-state index >= 15 is 0 Å². The fourth-order valence-electron chi connectivity index (χ4n) is 2.31. The van der Waals surface area contributed by atoms with Crippen LogP contribution in [0, 0.1) is 0 Å². The van der Waals surface area contributed by atoms with Gasteiger partial charge in [0.2, 0.25) is 0 Å². The normalized spacial score (nSPS) is 13.0. The highest BCUT2D eigenvalue weighted by molar-refractivity contribution is 7.61. The molecule has 0 amide bonds. The molecular weight excluding hydrogens is 335 g/mol. The average molecular weight is 358 g/mol. The molecule has 2 aromatic carbocycles. The molecule has 25 heavy (non-hydrogen) atoms. The Morgan fingerprint density at radius 3 is 2.40 bits per heavy atom. The van der Waals surface area contributed by atoms with Gasteiger partial charge in [0.1, 0.15) is 11.5 Å². The first-order valence-electron chi connectivity index (χ1n) is 8.12. The van der Waals surface area contributed by atoms with Crippen molar-refractivity contribution in [2.45, 2.75) is 19.3 Å². The summed E-state index contributed by atoms with van der Waals surface area (Å²) in [6.07, 6.45) is 5.21. The van der Waals surface area contributed by atoms with Crippen LogP contribution in [0.15, 0.2) is 73.8 Å². The Hall–Kier alpha value is -2.13. The quantitative estimate of drug-likeness (QED) is 0.369. The van der Waals surface area contributed by atoms with Gasteiger partial charge in [-0.05, 0) is 55.2 Å². The molecular formula is C20H23O4P. The van der Waals surface area contributed by atoms with Crippen molar-refractivity contribution >= 4 is 12.9 Å². The van der Waals surface area contributed by atoms with E-state index in [2.05, 4.69) is 13.2 Å². The van der Waals surface area contributed by atoms with Crippen molar-refractivity contribution in [3.63, 3.8) is 0 Å². The van der Waals surface area contributed by atoms with Crippen LogP contribution in [0.25, 0.3) is 0 Å². The molecule has 4 nitrogen and oxygen atoms in total. The maximum Gasteiger partial charge on any atom is 0.359 e. The minimum Gasteiger partial charge on any atom is -0.457 e. The fourth-order valence-corrected chi connectivity index (χ4v) is 3.61. The van der Waals surface area contributed by atoms with Crippen LogP contribution in [0.3, 0.4) is 0 Å². The molecule has 0 spiro atoms. The fraction of sp³-hybridized carbons (Fsp3) is 0.200. The van der Waals surface area contributed by atoms with E-state index in [1.165, 1.54) is 0 Å². The first kappa shape index (κ1) is 19.2. The molecule has 0 saturated heterocycles. The van der Waals surface area contributed by atoms with Crippen LogP contribution in [-0.2, 0) is 15.5 Å². The molecule has 0 bridgehead atoms. The summed E-state index contributed by atoms with van der Waals surface area (Å²) in [5, 5.41) is 0.304. The molecule has 0 aliphatic heterocycles. The SMILES string of the molecule is C=CCCOP(=O)(O)c1ccc(Oc2ccccc2)cc1CCC=C. The molecule has 0 aliphatic rings. The molecule has 1 atom stereocenters. The number of hydrogen-bond donors (Lipinski definition) is 1. The predicted molar refractivity (Wildman–Crippen MR) is 102 cm³/mol. The number of allylic oxidation sites excluding steroid dienone is 1. The van der Waals surface area contributed by atoms with Gasteiger partial charge < -0.3 is 14.2 Å². The van der Waals surface area contributed by atoms with Crippen molar-refractivity contribution in [2.75, 3.05) is 6.61 Å². The third-order valence-corrected chi connectivity index (χ3v) is 5.12. The maximum absolute atomic E-state index is 12.6. The molecule has 0 aliphatic carbocycles. The van der Waals surface area contributed by atoms with Gasteiger partial charge in [0.15, 0.2) is 0 Å². The molecule has 1 N–H and O–H groups in total. The Kier molecular flexibility index (Phi) is 7.20. The monoisotopic (exact) mass is 358 g/mol. The van der Waals surface area contributed by atoms with E-state index in [9.17, 15) is 9.46 Å². The highest BCUT2D eigenvalue weighted by Crippen LogP contribution is 2.43. The molecule has 2 rings (SSSR count). The maximum atomic E-state index is 12.6. The summed E-state index contributed by atoms with van der Waals surface area (Å²) in [4.78, 5) is 10.3. The van der Waals surface area contributed by atoms with E-state index in [4.69, 9.17) is 9.26 Å². The minimum absolute atomic E-state index is 0.153. The van der Waals surface area contributed by atoms with Gasteiger partial charge in [-0.25, -0.2) is 0 Å². The summed E-state index contributed by atoms with van der Waals surface area (Å²) >= 11 is 0. The smallest absolute Gasteiger partial charge is 0.359 e. The van der Waals surface area contributed by atoms with Gasteiger partial charge >= 0.3 is 7.60 Å². The third kappa shape index (κ3) is 5.71. The van der Waals surface area contributed by atoms with Gasteiger partial charge in [-0.2, -0.15) is 0 Å². The second-order valence-corrected chi connectivity index (χ2v) is 7.24. The Balaban J connectivity index is 2.28. The summed E-state index contributed by atoms with van der Waals surface area (Å²) in [7, 11) is -3.89. The average Bonchev–Trinajstić information content (AvgIpc) is 2.61. The third-order valence-electron chi connectivity index (χ3n) is 3.54. The molecule has 2 aromatic rings. The van der Waals surface area contributed by atoms with Crippen LogP contribution in [0.4, 0.5) is 0 Å². The Morgan fingerprint density at radius 2 is 1.72 bits per heavy atom. The van der Waals surface area contributed by atoms with Crippen molar-refractivity contribution < 1.29 is 18.7 Å². The van der Waals surface area contributed by atoms with Crippen molar-refractivity contribution in [3.8, 4) is 11.5 Å². The van der Waals surface area contributed by atoms with Crippen molar-refractivity contribution in [2.24, 2.45) is 0 Å². The van der Waals surface area contributed by atoms with Gasteiger partial charge in [-0.3, -0.25) is 4.57 Å². The molecule has 5 heteroatoms. The van der Waals surface area contributed by atoms with E-state index in [-0.39, 0.29) is 6.61 Å². The van der Waals surface area contributed by atoms with Crippen molar-refractivity contribution in [3.05, 3.63) is 79.4 Å². The first-order valence-corrected chi connectivity index (χ1v) is 9.70. The lowest BCUT2D eigenvalue weighted by Gasteiger charge is -2.17. The summed E-state index contributed by atoms with van der Waals surface area (Å²) in [5.41, 5.74) is 0.720. The minimum atomic E-state index is -3.89. The number of para-hydroxylation sites is 1. The Bertz CT molecular complexity index is 756. The van der Waals surface area contributed by atoms with Crippen LogP contribution in [0.2, 0.25) is 0 Å². The van der Waals surface area contributed by atoms with E-state index in [0.29, 0.717) is 36.1 Å². The molecule has 0 saturated carbocycles. The van der Waals surface area contributed by atoms with Crippen molar-refractivity contribution in [1.29, 1.82) is 0 Å². The standard InChI is InChI=1S/C20H23O4P/c1-3-5-10-17-16-19(24-18-11-8-7-9-12-18)13-14-20(17)25(21,22)23-15-6-4-2/h3-4,7-9,11-14,16H,1-2,5-6,10,15H2,(H,21,22). The van der Waals surface area contributed by atoms with Crippen LogP contribution in [0.5, 0.6) is 11.5 Å². The van der Waals surface area contributed by atoms with E-state index in [1.54, 1.807) is 30.4 Å². The van der Waals surface area contributed by atoms with Crippen molar-refractivity contribution in [1.82, 2.24) is 0 Å². The number of benzene rings is 2. The second kappa shape index (κ2) is 9.38. The topological polar surface area (TPSA) is 55.8 Å². The Labute approximate surface area is 149 Å². The lowest BCUT2D eigenvalue weighted by molar-refractivity contribution is 0.274. The first-order chi connectivity index (χ1) is 12.1. The molecule has 0 fully saturated rings. The van der Waals surface area contributed by atoms with E-state index in [0.717, 1.165) is 5.56 Å². The van der Waals surface area contributed by atoms with Crippen LogP contribution in [-0.4, -0.2) is 11.5 Å². The second-order valence-electron chi connectivity index (χ2n) is 5.46. The summed E-state index contributed by atoms with van der Waals surface area (Å²) in [6, 6.07) is 14.5. The largest absolute Gasteiger partial charge is 0.457 e. The number of hydrogen-bond acceptors (Lipinski definition) is 3. The zero-order valence-electron chi connectivity index (χ0n) is 14.1. The van der Waals surface area contributed by atoms with Gasteiger partial charge in [0, 0.05) is 0 Å². The van der Waals surface area contributed by atoms with Gasteiger partial charge in [0.25, 0.3) is 0 Å².